The van der Waals surface area contributed by atoms with Crippen LogP contribution in [0.25, 0.3) is 22.3 Å². The van der Waals surface area contributed by atoms with Crippen LogP contribution in [0.3, 0.4) is 0 Å². The number of nitrogens with zero attached hydrogens (tertiary/aromatic N) is 6. The highest BCUT2D eigenvalue weighted by molar-refractivity contribution is 5.92. The van der Waals surface area contributed by atoms with E-state index in [1.54, 1.807) is 0 Å². The van der Waals surface area contributed by atoms with E-state index in [0.29, 0.717) is 48.4 Å². The van der Waals surface area contributed by atoms with Crippen LogP contribution >= 0.6 is 0 Å². The molecule has 0 radical (unpaired) electrons. The first-order valence-electron chi connectivity index (χ1n) is 11.5. The van der Waals surface area contributed by atoms with Gasteiger partial charge in [0.2, 0.25) is 5.95 Å². The highest BCUT2D eigenvalue weighted by Crippen LogP contribution is 2.36. The van der Waals surface area contributed by atoms with Crippen molar-refractivity contribution in [2.45, 2.75) is 38.8 Å². The van der Waals surface area contributed by atoms with Gasteiger partial charge in [-0.15, -0.1) is 0 Å². The third kappa shape index (κ3) is 3.79. The first-order chi connectivity index (χ1) is 16.5. The second-order valence-corrected chi connectivity index (χ2v) is 9.05. The van der Waals surface area contributed by atoms with E-state index < -0.39 is 11.6 Å². The highest BCUT2D eigenvalue weighted by Gasteiger charge is 2.29. The second kappa shape index (κ2) is 8.09. The molecule has 0 amide bonds. The number of morpholine rings is 1. The largest absolute Gasteiger partial charge is 0.370 e. The molecule has 1 saturated carbocycles. The van der Waals surface area contributed by atoms with Gasteiger partial charge in [-0.2, -0.15) is 10.1 Å². The maximum absolute atomic E-state index is 14.8. The summed E-state index contributed by atoms with van der Waals surface area (Å²) in [5.41, 5.74) is 3.92. The molecule has 34 heavy (non-hydrogen) atoms. The first kappa shape index (κ1) is 21.1. The number of halogens is 2. The summed E-state index contributed by atoms with van der Waals surface area (Å²) in [6.07, 6.45) is 6.08. The van der Waals surface area contributed by atoms with E-state index in [1.165, 1.54) is 12.1 Å². The van der Waals surface area contributed by atoms with E-state index in [1.807, 2.05) is 35.7 Å². The van der Waals surface area contributed by atoms with Crippen LogP contribution < -0.4 is 4.90 Å². The fourth-order valence-electron chi connectivity index (χ4n) is 4.35. The number of hydrogen-bond donors (Lipinski definition) is 0. The summed E-state index contributed by atoms with van der Waals surface area (Å²) in [6.45, 7) is 5.49. The van der Waals surface area contributed by atoms with E-state index in [-0.39, 0.29) is 11.7 Å². The minimum atomic E-state index is -0.670. The summed E-state index contributed by atoms with van der Waals surface area (Å²) in [5, 5.41) is 5.12. The number of aryl methyl sites for hydroxylation is 2. The molecule has 1 aromatic carbocycles. The average Bonchev–Trinajstić information content (AvgIpc) is 3.56. The molecule has 7 nitrogen and oxygen atoms in total. The Labute approximate surface area is 195 Å². The maximum atomic E-state index is 14.8. The molecule has 4 heterocycles. The van der Waals surface area contributed by atoms with Crippen molar-refractivity contribution < 1.29 is 13.5 Å². The second-order valence-electron chi connectivity index (χ2n) is 9.05. The predicted molar refractivity (Wildman–Crippen MR) is 124 cm³/mol. The van der Waals surface area contributed by atoms with Gasteiger partial charge in [-0.05, 0) is 50.5 Å². The number of anilines is 1. The summed E-state index contributed by atoms with van der Waals surface area (Å²) < 4.78 is 36.5. The van der Waals surface area contributed by atoms with Gasteiger partial charge in [0.15, 0.2) is 5.65 Å². The monoisotopic (exact) mass is 462 g/mol. The number of benzene rings is 1. The molecule has 0 spiro atoms. The molecule has 1 aliphatic carbocycles. The Morgan fingerprint density at radius 1 is 1.06 bits per heavy atom. The van der Waals surface area contributed by atoms with Gasteiger partial charge in [-0.3, -0.25) is 4.68 Å². The Balaban J connectivity index is 1.41. The Morgan fingerprint density at radius 2 is 1.91 bits per heavy atom. The number of aromatic nitrogens is 5. The molecule has 2 fully saturated rings. The molecule has 0 N–H and O–H groups in total. The van der Waals surface area contributed by atoms with E-state index in [2.05, 4.69) is 16.3 Å². The van der Waals surface area contributed by atoms with Crippen molar-refractivity contribution in [2.75, 3.05) is 24.6 Å². The molecule has 1 aliphatic heterocycles. The van der Waals surface area contributed by atoms with E-state index >= 15 is 0 Å². The number of fused-ring (bicyclic) bond motifs is 1. The Kier molecular flexibility index (Phi) is 5.02. The smallest absolute Gasteiger partial charge is 0.228 e. The summed E-state index contributed by atoms with van der Waals surface area (Å²) >= 11 is 0. The normalized spacial score (nSPS) is 18.6. The van der Waals surface area contributed by atoms with E-state index in [4.69, 9.17) is 14.7 Å². The van der Waals surface area contributed by atoms with Crippen LogP contribution in [0.4, 0.5) is 14.7 Å². The van der Waals surface area contributed by atoms with Crippen molar-refractivity contribution in [1.29, 1.82) is 0 Å². The fraction of sp³-hybridized carbons (Fsp3) is 0.360. The topological polar surface area (TPSA) is 69.0 Å². The Morgan fingerprint density at radius 3 is 2.71 bits per heavy atom. The van der Waals surface area contributed by atoms with Crippen LogP contribution in [-0.2, 0) is 4.74 Å². The van der Waals surface area contributed by atoms with Gasteiger partial charge in [0.1, 0.15) is 17.7 Å². The molecule has 174 valence electrons. The quantitative estimate of drug-likeness (QED) is 0.438. The van der Waals surface area contributed by atoms with Crippen molar-refractivity contribution in [1.82, 2.24) is 24.7 Å². The standard InChI is InChI=1S/C25H24F2N6O/c1-14-9-20-23(19-6-3-17(26)10-21(19)27)30-25(31-24(20)29-15(14)2)32-7-8-34-22(13-32)16-11-28-33(12-16)18-4-5-18/h3,6,9-12,18,22H,4-5,7-8,13H2,1-2H3. The average molecular weight is 463 g/mol. The third-order valence-corrected chi connectivity index (χ3v) is 6.57. The van der Waals surface area contributed by atoms with Crippen molar-refractivity contribution in [3.63, 3.8) is 0 Å². The van der Waals surface area contributed by atoms with Crippen LogP contribution in [-0.4, -0.2) is 44.4 Å². The van der Waals surface area contributed by atoms with Crippen LogP contribution in [0.15, 0.2) is 36.7 Å². The van der Waals surface area contributed by atoms with Crippen LogP contribution in [0.5, 0.6) is 0 Å². The number of pyridine rings is 1. The lowest BCUT2D eigenvalue weighted by atomic mass is 10.1. The third-order valence-electron chi connectivity index (χ3n) is 6.57. The van der Waals surface area contributed by atoms with Crippen LogP contribution in [0, 0.1) is 25.5 Å². The highest BCUT2D eigenvalue weighted by atomic mass is 19.1. The lowest BCUT2D eigenvalue weighted by Gasteiger charge is -2.32. The molecule has 0 bridgehead atoms. The number of ether oxygens (including phenoxy) is 1. The Bertz CT molecular complexity index is 1400. The van der Waals surface area contributed by atoms with E-state index in [0.717, 1.165) is 35.7 Å². The summed E-state index contributed by atoms with van der Waals surface area (Å²) in [7, 11) is 0. The van der Waals surface area contributed by atoms with Gasteiger partial charge in [0.25, 0.3) is 0 Å². The molecule has 3 aromatic heterocycles. The molecule has 6 rings (SSSR count). The van der Waals surface area contributed by atoms with Crippen LogP contribution in [0.1, 0.15) is 41.8 Å². The molecular formula is C25H24F2N6O. The fourth-order valence-corrected chi connectivity index (χ4v) is 4.35. The van der Waals surface area contributed by atoms with Gasteiger partial charge < -0.3 is 9.64 Å². The summed E-state index contributed by atoms with van der Waals surface area (Å²) in [4.78, 5) is 16.2. The minimum absolute atomic E-state index is 0.167. The first-order valence-corrected chi connectivity index (χ1v) is 11.5. The summed E-state index contributed by atoms with van der Waals surface area (Å²) in [5.74, 6) is -0.853. The van der Waals surface area contributed by atoms with Crippen molar-refractivity contribution >= 4 is 17.0 Å². The zero-order valence-corrected chi connectivity index (χ0v) is 19.0. The van der Waals surface area contributed by atoms with Gasteiger partial charge in [-0.25, -0.2) is 18.7 Å². The molecule has 1 saturated heterocycles. The van der Waals surface area contributed by atoms with Crippen LogP contribution in [0.2, 0.25) is 0 Å². The van der Waals surface area contributed by atoms with Crippen molar-refractivity contribution in [3.05, 3.63) is 65.1 Å². The Hall–Kier alpha value is -3.46. The van der Waals surface area contributed by atoms with Crippen molar-refractivity contribution in [2.24, 2.45) is 0 Å². The summed E-state index contributed by atoms with van der Waals surface area (Å²) in [6, 6.07) is 5.94. The molecule has 4 aromatic rings. The molecule has 9 heteroatoms. The lowest BCUT2D eigenvalue weighted by molar-refractivity contribution is 0.0392. The SMILES string of the molecule is Cc1cc2c(-c3ccc(F)cc3F)nc(N3CCOC(c4cnn(C5CC5)c4)C3)nc2nc1C. The van der Waals surface area contributed by atoms with Gasteiger partial charge >= 0.3 is 0 Å². The lowest BCUT2D eigenvalue weighted by Crippen LogP contribution is -2.39. The zero-order valence-electron chi connectivity index (χ0n) is 19.0. The maximum Gasteiger partial charge on any atom is 0.228 e. The van der Waals surface area contributed by atoms with E-state index in [9.17, 15) is 8.78 Å². The van der Waals surface area contributed by atoms with Crippen molar-refractivity contribution in [3.8, 4) is 11.3 Å². The van der Waals surface area contributed by atoms with Gasteiger partial charge in [0, 0.05) is 41.0 Å². The zero-order chi connectivity index (χ0) is 23.4. The van der Waals surface area contributed by atoms with Gasteiger partial charge in [0.05, 0.1) is 31.1 Å². The predicted octanol–water partition coefficient (Wildman–Crippen LogP) is 4.70. The minimum Gasteiger partial charge on any atom is -0.370 e. The molecule has 1 unspecified atom stereocenters. The molecule has 2 aliphatic rings. The van der Waals surface area contributed by atoms with Gasteiger partial charge in [-0.1, -0.05) is 0 Å². The molecular weight excluding hydrogens is 438 g/mol. The number of hydrogen-bond acceptors (Lipinski definition) is 6. The number of rotatable bonds is 4. The molecule has 1 atom stereocenters.